The molecule has 0 radical (unpaired) electrons. The molecule has 1 saturated heterocycles. The molecule has 0 unspecified atom stereocenters. The number of nitrogens with one attached hydrogen (secondary N) is 1. The van der Waals surface area contributed by atoms with Gasteiger partial charge < -0.3 is 10.7 Å². The van der Waals surface area contributed by atoms with Gasteiger partial charge in [0, 0.05) is 42.6 Å². The highest BCUT2D eigenvalue weighted by Gasteiger charge is 2.22. The number of nitrogens with zero attached hydrogens (tertiary/aromatic N) is 3. The molecule has 1 aromatic carbocycles. The zero-order valence-corrected chi connectivity index (χ0v) is 13.8. The summed E-state index contributed by atoms with van der Waals surface area (Å²) in [4.78, 5) is 14.4. The van der Waals surface area contributed by atoms with E-state index in [1.165, 1.54) is 29.3 Å². The maximum absolute atomic E-state index is 5.96. The summed E-state index contributed by atoms with van der Waals surface area (Å²) in [6.07, 6.45) is 8.80. The number of aromatic amines is 1. The fraction of sp³-hybridized carbons (Fsp3) is 0.368. The lowest BCUT2D eigenvalue weighted by Crippen LogP contribution is -2.36. The van der Waals surface area contributed by atoms with Gasteiger partial charge in [0.2, 0.25) is 0 Å². The highest BCUT2D eigenvalue weighted by molar-refractivity contribution is 5.82. The van der Waals surface area contributed by atoms with Gasteiger partial charge in [-0.05, 0) is 49.4 Å². The normalized spacial score (nSPS) is 18.9. The topological polar surface area (TPSA) is 70.8 Å². The Hall–Kier alpha value is -2.40. The molecule has 4 rings (SSSR count). The number of aromatic nitrogens is 3. The van der Waals surface area contributed by atoms with Crippen molar-refractivity contribution in [2.24, 2.45) is 5.92 Å². The molecule has 0 aliphatic carbocycles. The van der Waals surface area contributed by atoms with E-state index in [2.05, 4.69) is 44.1 Å². The van der Waals surface area contributed by atoms with Crippen LogP contribution < -0.4 is 5.73 Å². The zero-order chi connectivity index (χ0) is 16.4. The fourth-order valence-electron chi connectivity index (χ4n) is 3.80. The Kier molecular flexibility index (Phi) is 4.17. The lowest BCUT2D eigenvalue weighted by molar-refractivity contribution is 0.167. The van der Waals surface area contributed by atoms with E-state index in [4.69, 9.17) is 5.73 Å². The minimum Gasteiger partial charge on any atom is -0.382 e. The third-order valence-corrected chi connectivity index (χ3v) is 4.97. The summed E-state index contributed by atoms with van der Waals surface area (Å²) in [6.45, 7) is 3.26. The Morgan fingerprint density at radius 2 is 2.12 bits per heavy atom. The number of piperidine rings is 1. The van der Waals surface area contributed by atoms with Gasteiger partial charge in [-0.3, -0.25) is 9.88 Å². The Morgan fingerprint density at radius 1 is 1.21 bits per heavy atom. The average molecular weight is 321 g/mol. The Morgan fingerprint density at radius 3 is 3.04 bits per heavy atom. The van der Waals surface area contributed by atoms with Crippen LogP contribution in [-0.2, 0) is 13.0 Å². The summed E-state index contributed by atoms with van der Waals surface area (Å²) in [7, 11) is 0. The molecule has 0 amide bonds. The lowest BCUT2D eigenvalue weighted by Gasteiger charge is -2.33. The van der Waals surface area contributed by atoms with E-state index in [1.54, 1.807) is 12.4 Å². The van der Waals surface area contributed by atoms with E-state index in [-0.39, 0.29) is 0 Å². The first-order valence-corrected chi connectivity index (χ1v) is 8.62. The lowest BCUT2D eigenvalue weighted by atomic mass is 9.92. The van der Waals surface area contributed by atoms with E-state index < -0.39 is 0 Å². The number of H-pyrrole nitrogens is 1. The molecule has 124 valence electrons. The first kappa shape index (κ1) is 15.1. The zero-order valence-electron chi connectivity index (χ0n) is 13.8. The molecule has 1 aliphatic rings. The minimum absolute atomic E-state index is 0.576. The highest BCUT2D eigenvalue weighted by Crippen LogP contribution is 2.25. The van der Waals surface area contributed by atoms with Gasteiger partial charge in [-0.15, -0.1) is 0 Å². The van der Waals surface area contributed by atoms with Gasteiger partial charge in [-0.2, -0.15) is 0 Å². The quantitative estimate of drug-likeness (QED) is 0.775. The first-order chi connectivity index (χ1) is 11.8. The minimum atomic E-state index is 0.576. The first-order valence-electron chi connectivity index (χ1n) is 8.62. The molecule has 1 fully saturated rings. The maximum atomic E-state index is 5.96. The fourth-order valence-corrected chi connectivity index (χ4v) is 3.80. The number of hydrogen-bond donors (Lipinski definition) is 2. The summed E-state index contributed by atoms with van der Waals surface area (Å²) in [5, 5.41) is 1.33. The second-order valence-electron chi connectivity index (χ2n) is 6.69. The van der Waals surface area contributed by atoms with Crippen LogP contribution in [0.4, 0.5) is 5.82 Å². The average Bonchev–Trinajstić information content (AvgIpc) is 3.07. The number of nitrogens with two attached hydrogens (primary N) is 1. The van der Waals surface area contributed by atoms with Crippen molar-refractivity contribution in [2.75, 3.05) is 18.8 Å². The van der Waals surface area contributed by atoms with Crippen LogP contribution in [0, 0.1) is 5.92 Å². The van der Waals surface area contributed by atoms with E-state index in [1.807, 2.05) is 6.20 Å². The smallest absolute Gasteiger partial charge is 0.145 e. The van der Waals surface area contributed by atoms with Gasteiger partial charge in [0.1, 0.15) is 5.82 Å². The monoisotopic (exact) mass is 321 g/mol. The van der Waals surface area contributed by atoms with Crippen molar-refractivity contribution >= 4 is 16.7 Å². The predicted octanol–water partition coefficient (Wildman–Crippen LogP) is 2.99. The van der Waals surface area contributed by atoms with Crippen LogP contribution in [0.1, 0.15) is 24.1 Å². The molecule has 0 bridgehead atoms. The van der Waals surface area contributed by atoms with E-state index >= 15 is 0 Å². The van der Waals surface area contributed by atoms with Crippen molar-refractivity contribution in [2.45, 2.75) is 25.8 Å². The van der Waals surface area contributed by atoms with Crippen molar-refractivity contribution in [1.29, 1.82) is 0 Å². The largest absolute Gasteiger partial charge is 0.382 e. The third kappa shape index (κ3) is 3.12. The van der Waals surface area contributed by atoms with Crippen LogP contribution >= 0.6 is 0 Å². The van der Waals surface area contributed by atoms with Gasteiger partial charge in [-0.1, -0.05) is 12.1 Å². The summed E-state index contributed by atoms with van der Waals surface area (Å²) >= 11 is 0. The summed E-state index contributed by atoms with van der Waals surface area (Å²) in [5.41, 5.74) is 9.51. The molecule has 3 N–H and O–H groups in total. The summed E-state index contributed by atoms with van der Waals surface area (Å²) < 4.78 is 0. The molecule has 0 spiro atoms. The van der Waals surface area contributed by atoms with Crippen LogP contribution in [-0.4, -0.2) is 32.9 Å². The van der Waals surface area contributed by atoms with Crippen molar-refractivity contribution in [3.8, 4) is 0 Å². The summed E-state index contributed by atoms with van der Waals surface area (Å²) in [6, 6.07) is 8.68. The number of benzene rings is 1. The van der Waals surface area contributed by atoms with Crippen LogP contribution in [0.25, 0.3) is 10.9 Å². The van der Waals surface area contributed by atoms with E-state index in [9.17, 15) is 0 Å². The number of nitrogen functional groups attached to an aromatic ring is 1. The molecule has 5 heteroatoms. The molecule has 3 heterocycles. The number of rotatable bonds is 4. The number of anilines is 1. The van der Waals surface area contributed by atoms with Crippen molar-refractivity contribution in [3.05, 3.63) is 54.1 Å². The molecule has 24 heavy (non-hydrogen) atoms. The van der Waals surface area contributed by atoms with Gasteiger partial charge >= 0.3 is 0 Å². The van der Waals surface area contributed by atoms with Crippen LogP contribution in [0.3, 0.4) is 0 Å². The second kappa shape index (κ2) is 6.61. The molecule has 2 aromatic heterocycles. The van der Waals surface area contributed by atoms with Crippen LogP contribution in [0.2, 0.25) is 0 Å². The number of fused-ring (bicyclic) bond motifs is 1. The molecule has 5 nitrogen and oxygen atoms in total. The molecule has 1 aliphatic heterocycles. The number of likely N-dealkylation sites (tertiary alicyclic amines) is 1. The highest BCUT2D eigenvalue weighted by atomic mass is 15.1. The second-order valence-corrected chi connectivity index (χ2v) is 6.69. The SMILES string of the molecule is Nc1nccnc1C[C@H]1CCCN(Cc2cccc3[nH]ccc23)C1. The Bertz CT molecular complexity index is 825. The Labute approximate surface area is 141 Å². The van der Waals surface area contributed by atoms with Gasteiger partial charge in [0.15, 0.2) is 0 Å². The number of hydrogen-bond acceptors (Lipinski definition) is 4. The molecule has 1 atom stereocenters. The van der Waals surface area contributed by atoms with E-state index in [0.717, 1.165) is 31.7 Å². The van der Waals surface area contributed by atoms with Crippen molar-refractivity contribution < 1.29 is 0 Å². The summed E-state index contributed by atoms with van der Waals surface area (Å²) in [5.74, 6) is 1.18. The van der Waals surface area contributed by atoms with E-state index in [0.29, 0.717) is 11.7 Å². The maximum Gasteiger partial charge on any atom is 0.145 e. The third-order valence-electron chi connectivity index (χ3n) is 4.97. The van der Waals surface area contributed by atoms with Gasteiger partial charge in [0.05, 0.1) is 5.69 Å². The predicted molar refractivity (Wildman–Crippen MR) is 96.4 cm³/mol. The molecule has 3 aromatic rings. The molecule has 0 saturated carbocycles. The van der Waals surface area contributed by atoms with Crippen LogP contribution in [0.15, 0.2) is 42.9 Å². The van der Waals surface area contributed by atoms with Gasteiger partial charge in [-0.25, -0.2) is 4.98 Å². The van der Waals surface area contributed by atoms with Crippen molar-refractivity contribution in [1.82, 2.24) is 19.9 Å². The van der Waals surface area contributed by atoms with Gasteiger partial charge in [0.25, 0.3) is 0 Å². The van der Waals surface area contributed by atoms with Crippen LogP contribution in [0.5, 0.6) is 0 Å². The molecular weight excluding hydrogens is 298 g/mol. The standard InChI is InChI=1S/C19H23N5/c20-19-18(22-8-9-23-19)11-14-3-2-10-24(12-14)13-15-4-1-5-17-16(15)6-7-21-17/h1,4-9,14,21H,2-3,10-13H2,(H2,20,23)/t14-/m1/s1. The Balaban J connectivity index is 1.45. The molecular formula is C19H23N5. The van der Waals surface area contributed by atoms with Crippen molar-refractivity contribution in [3.63, 3.8) is 0 Å².